The van der Waals surface area contributed by atoms with Gasteiger partial charge in [0.15, 0.2) is 5.58 Å². The number of hydrogen-bond acceptors (Lipinski definition) is 6. The molecule has 0 fully saturated rings. The topological polar surface area (TPSA) is 147 Å². The van der Waals surface area contributed by atoms with Crippen LogP contribution in [0.25, 0.3) is 22.0 Å². The van der Waals surface area contributed by atoms with Crippen LogP contribution in [-0.2, 0) is 13.1 Å². The summed E-state index contributed by atoms with van der Waals surface area (Å²) in [7, 11) is 0. The molecule has 3 heterocycles. The summed E-state index contributed by atoms with van der Waals surface area (Å²) in [6, 6.07) is 5.01. The van der Waals surface area contributed by atoms with Gasteiger partial charge in [0.25, 0.3) is 5.91 Å². The average Bonchev–Trinajstić information content (AvgIpc) is 3.44. The van der Waals surface area contributed by atoms with E-state index in [-0.39, 0.29) is 5.91 Å². The Hall–Kier alpha value is -3.92. The van der Waals surface area contributed by atoms with Crippen LogP contribution < -0.4 is 16.8 Å². The monoisotopic (exact) mass is 421 g/mol. The van der Waals surface area contributed by atoms with E-state index in [1.807, 2.05) is 26.0 Å². The van der Waals surface area contributed by atoms with Crippen LogP contribution in [0, 0.1) is 6.92 Å². The molecule has 0 aliphatic rings. The molecule has 31 heavy (non-hydrogen) atoms. The summed E-state index contributed by atoms with van der Waals surface area (Å²) in [5.41, 5.74) is 14.2. The number of allylic oxidation sites excluding steroid dienone is 1. The Morgan fingerprint density at radius 2 is 2.10 bits per heavy atom. The van der Waals surface area contributed by atoms with Crippen molar-refractivity contribution < 1.29 is 14.0 Å². The van der Waals surface area contributed by atoms with Gasteiger partial charge in [-0.3, -0.25) is 19.6 Å². The van der Waals surface area contributed by atoms with Gasteiger partial charge in [-0.25, -0.2) is 4.98 Å². The van der Waals surface area contributed by atoms with Crippen molar-refractivity contribution in [3.63, 3.8) is 0 Å². The number of carbonyl (C=O) groups excluding carboxylic acids is 2. The minimum Gasteiger partial charge on any atom is -0.462 e. The van der Waals surface area contributed by atoms with Crippen molar-refractivity contribution in [3.8, 4) is 0 Å². The maximum absolute atomic E-state index is 13.0. The first-order valence-electron chi connectivity index (χ1n) is 9.85. The third kappa shape index (κ3) is 3.57. The van der Waals surface area contributed by atoms with E-state index in [2.05, 4.69) is 15.4 Å². The Morgan fingerprint density at radius 3 is 2.81 bits per heavy atom. The number of aryl methyl sites for hydroxylation is 2. The van der Waals surface area contributed by atoms with Crippen LogP contribution in [-0.4, -0.2) is 37.7 Å². The first kappa shape index (κ1) is 20.4. The van der Waals surface area contributed by atoms with E-state index in [4.69, 9.17) is 15.9 Å². The van der Waals surface area contributed by atoms with Gasteiger partial charge in [-0.1, -0.05) is 12.2 Å². The highest BCUT2D eigenvalue weighted by atomic mass is 16.3. The summed E-state index contributed by atoms with van der Waals surface area (Å²) < 4.78 is 9.10. The molecule has 0 atom stereocenters. The molecule has 5 N–H and O–H groups in total. The van der Waals surface area contributed by atoms with Gasteiger partial charge in [0.05, 0.1) is 23.0 Å². The van der Waals surface area contributed by atoms with Gasteiger partial charge in [0.2, 0.25) is 11.9 Å². The molecule has 0 saturated carbocycles. The number of rotatable bonds is 7. The number of fused-ring (bicyclic) bond motifs is 3. The van der Waals surface area contributed by atoms with Gasteiger partial charge >= 0.3 is 0 Å². The van der Waals surface area contributed by atoms with Gasteiger partial charge in [-0.15, -0.1) is 0 Å². The fourth-order valence-corrected chi connectivity index (χ4v) is 3.62. The number of benzene rings is 1. The Kier molecular flexibility index (Phi) is 5.30. The number of nitrogens with two attached hydrogens (primary N) is 2. The highest BCUT2D eigenvalue weighted by molar-refractivity contribution is 6.14. The van der Waals surface area contributed by atoms with Crippen molar-refractivity contribution in [1.82, 2.24) is 19.3 Å². The smallest absolute Gasteiger partial charge is 0.276 e. The number of carbonyl (C=O) groups is 2. The molecular formula is C21H23N7O3. The van der Waals surface area contributed by atoms with Gasteiger partial charge in [0.1, 0.15) is 11.2 Å². The second-order valence-corrected chi connectivity index (χ2v) is 7.01. The molecule has 0 saturated heterocycles. The van der Waals surface area contributed by atoms with Crippen LogP contribution >= 0.6 is 0 Å². The molecule has 4 aromatic rings. The maximum atomic E-state index is 13.0. The van der Waals surface area contributed by atoms with E-state index in [0.717, 1.165) is 5.69 Å². The maximum Gasteiger partial charge on any atom is 0.276 e. The van der Waals surface area contributed by atoms with Crippen molar-refractivity contribution in [2.24, 2.45) is 11.5 Å². The van der Waals surface area contributed by atoms with E-state index >= 15 is 0 Å². The van der Waals surface area contributed by atoms with Crippen molar-refractivity contribution in [2.45, 2.75) is 26.9 Å². The van der Waals surface area contributed by atoms with Crippen LogP contribution in [0.3, 0.4) is 0 Å². The summed E-state index contributed by atoms with van der Waals surface area (Å²) in [5, 5.41) is 7.77. The van der Waals surface area contributed by atoms with Crippen LogP contribution in [0.2, 0.25) is 0 Å². The molecule has 4 rings (SSSR count). The molecule has 160 valence electrons. The van der Waals surface area contributed by atoms with Crippen molar-refractivity contribution >= 4 is 39.8 Å². The number of aromatic nitrogens is 4. The minimum atomic E-state index is -0.584. The third-order valence-electron chi connectivity index (χ3n) is 4.96. The lowest BCUT2D eigenvalue weighted by Crippen LogP contribution is -2.19. The molecular weight excluding hydrogens is 398 g/mol. The first-order valence-corrected chi connectivity index (χ1v) is 9.85. The highest BCUT2D eigenvalue weighted by Crippen LogP contribution is 2.32. The van der Waals surface area contributed by atoms with Crippen molar-refractivity contribution in [3.05, 3.63) is 53.6 Å². The van der Waals surface area contributed by atoms with Crippen LogP contribution in [0.4, 0.5) is 5.95 Å². The number of amides is 2. The summed E-state index contributed by atoms with van der Waals surface area (Å²) in [6.07, 6.45) is 5.17. The zero-order valence-electron chi connectivity index (χ0n) is 17.3. The zero-order chi connectivity index (χ0) is 22.1. The average molecular weight is 421 g/mol. The van der Waals surface area contributed by atoms with Crippen molar-refractivity contribution in [2.75, 3.05) is 11.9 Å². The van der Waals surface area contributed by atoms with E-state index in [1.54, 1.807) is 27.4 Å². The Labute approximate surface area is 177 Å². The second kappa shape index (κ2) is 8.07. The van der Waals surface area contributed by atoms with E-state index < -0.39 is 5.91 Å². The summed E-state index contributed by atoms with van der Waals surface area (Å²) in [5.74, 6) is -0.617. The lowest BCUT2D eigenvalue weighted by atomic mass is 10.1. The van der Waals surface area contributed by atoms with Gasteiger partial charge < -0.3 is 20.5 Å². The second-order valence-electron chi connectivity index (χ2n) is 7.01. The molecule has 0 aliphatic heterocycles. The number of imidazole rings is 1. The van der Waals surface area contributed by atoms with E-state index in [0.29, 0.717) is 58.8 Å². The summed E-state index contributed by atoms with van der Waals surface area (Å²) in [6.45, 7) is 5.07. The Balaban J connectivity index is 1.87. The molecule has 2 amide bonds. The van der Waals surface area contributed by atoms with Crippen molar-refractivity contribution in [1.29, 1.82) is 0 Å². The van der Waals surface area contributed by atoms with Gasteiger partial charge in [0, 0.05) is 25.0 Å². The number of anilines is 1. The Morgan fingerprint density at radius 1 is 1.29 bits per heavy atom. The number of primary amides is 1. The normalized spacial score (nSPS) is 11.7. The van der Waals surface area contributed by atoms with Gasteiger partial charge in [-0.05, 0) is 32.0 Å². The lowest BCUT2D eigenvalue weighted by molar-refractivity contribution is 0.0997. The largest absolute Gasteiger partial charge is 0.462 e. The summed E-state index contributed by atoms with van der Waals surface area (Å²) >= 11 is 0. The van der Waals surface area contributed by atoms with Gasteiger partial charge in [-0.2, -0.15) is 5.10 Å². The number of hydrogen-bond donors (Lipinski definition) is 3. The highest BCUT2D eigenvalue weighted by Gasteiger charge is 2.22. The Bertz CT molecular complexity index is 1330. The standard InChI is InChI=1S/C21H23N7O3/c1-3-28-16(10-12(2)26-28)20(30)25-21-24-15-11-14(19(23)29)13-6-9-31-18(13)17(15)27(21)8-5-4-7-22/h4-6,9-11H,3,7-8,22H2,1-2H3,(H2,23,29)(H,24,25,30). The fraction of sp³-hybridized carbons (Fsp3) is 0.238. The molecule has 0 aliphatic carbocycles. The zero-order valence-corrected chi connectivity index (χ0v) is 17.3. The predicted octanol–water partition coefficient (Wildman–Crippen LogP) is 2.17. The molecule has 10 nitrogen and oxygen atoms in total. The number of furan rings is 1. The first-order chi connectivity index (χ1) is 14.9. The minimum absolute atomic E-state index is 0.302. The quantitative estimate of drug-likeness (QED) is 0.390. The van der Waals surface area contributed by atoms with Crippen LogP contribution in [0.5, 0.6) is 0 Å². The van der Waals surface area contributed by atoms with Crippen LogP contribution in [0.15, 0.2) is 41.0 Å². The molecule has 3 aromatic heterocycles. The molecule has 0 spiro atoms. The summed E-state index contributed by atoms with van der Waals surface area (Å²) in [4.78, 5) is 29.5. The SMILES string of the molecule is CCn1nc(C)cc1C(=O)Nc1nc2cc(C(N)=O)c3ccoc3c2n1CC=CCN. The van der Waals surface area contributed by atoms with Crippen LogP contribution in [0.1, 0.15) is 33.5 Å². The van der Waals surface area contributed by atoms with E-state index in [1.165, 1.54) is 6.26 Å². The predicted molar refractivity (Wildman–Crippen MR) is 117 cm³/mol. The third-order valence-corrected chi connectivity index (χ3v) is 4.96. The number of nitrogens with zero attached hydrogens (tertiary/aromatic N) is 4. The fourth-order valence-electron chi connectivity index (χ4n) is 3.62. The molecule has 0 radical (unpaired) electrons. The lowest BCUT2D eigenvalue weighted by Gasteiger charge is -2.09. The van der Waals surface area contributed by atoms with E-state index in [9.17, 15) is 9.59 Å². The number of nitrogens with one attached hydrogen (secondary N) is 1. The molecule has 10 heteroatoms. The molecule has 1 aromatic carbocycles. The molecule has 0 bridgehead atoms. The molecule has 0 unspecified atom stereocenters.